The van der Waals surface area contributed by atoms with E-state index in [9.17, 15) is 9.59 Å². The maximum absolute atomic E-state index is 10.6. The van der Waals surface area contributed by atoms with Crippen molar-refractivity contribution in [1.29, 1.82) is 0 Å². The number of methoxy groups -OCH3 is 2. The molecule has 5 heteroatoms. The highest BCUT2D eigenvalue weighted by atomic mass is 16.5. The third-order valence-corrected chi connectivity index (χ3v) is 2.01. The van der Waals surface area contributed by atoms with Crippen LogP contribution in [0.2, 0.25) is 0 Å². The van der Waals surface area contributed by atoms with Gasteiger partial charge in [0, 0.05) is 5.56 Å². The molecule has 0 heterocycles. The number of rotatable bonds is 6. The summed E-state index contributed by atoms with van der Waals surface area (Å²) in [5, 5.41) is 0. The lowest BCUT2D eigenvalue weighted by molar-refractivity contribution is -0.131. The Morgan fingerprint density at radius 2 is 1.94 bits per heavy atom. The van der Waals surface area contributed by atoms with Crippen LogP contribution in [-0.4, -0.2) is 27.0 Å². The molecule has 0 aromatic heterocycles. The number of carbonyl (C=O) groups excluding carboxylic acids is 2. The number of carbonyl (C=O) groups is 1. The second kappa shape index (κ2) is 5.75. The number of ether oxygens (including phenoxy) is 3. The van der Waals surface area contributed by atoms with E-state index in [-0.39, 0.29) is 6.47 Å². The molecule has 0 aliphatic rings. The zero-order valence-electron chi connectivity index (χ0n) is 8.93. The molecule has 0 amide bonds. The monoisotopic (exact) mass is 223 g/mol. The Morgan fingerprint density at radius 3 is 2.44 bits per heavy atom. The summed E-state index contributed by atoms with van der Waals surface area (Å²) in [5.41, 5.74) is 0.472. The van der Waals surface area contributed by atoms with Gasteiger partial charge in [-0.3, -0.25) is 9.59 Å². The van der Waals surface area contributed by atoms with Crippen molar-refractivity contribution in [3.8, 4) is 11.5 Å². The minimum absolute atomic E-state index is 0.201. The van der Waals surface area contributed by atoms with Crippen molar-refractivity contribution in [2.45, 2.75) is 6.10 Å². The first-order valence-electron chi connectivity index (χ1n) is 4.45. The summed E-state index contributed by atoms with van der Waals surface area (Å²) in [5.74, 6) is 0.983. The minimum atomic E-state index is -1.04. The van der Waals surface area contributed by atoms with Crippen LogP contribution in [0.5, 0.6) is 11.5 Å². The van der Waals surface area contributed by atoms with Crippen molar-refractivity contribution >= 4 is 12.8 Å². The Labute approximate surface area is 92.9 Å². The summed E-state index contributed by atoms with van der Waals surface area (Å²) >= 11 is 0. The van der Waals surface area contributed by atoms with E-state index in [1.165, 1.54) is 14.2 Å². The highest BCUT2D eigenvalue weighted by molar-refractivity contribution is 5.64. The van der Waals surface area contributed by atoms with Gasteiger partial charge in [0.25, 0.3) is 6.47 Å². The molecule has 85 valence electrons. The molecule has 1 atom stereocenters. The fourth-order valence-electron chi connectivity index (χ4n) is 1.25. The molecule has 5 nitrogen and oxygen atoms in total. The summed E-state index contributed by atoms with van der Waals surface area (Å²) in [4.78, 5) is 20.7. The lowest BCUT2D eigenvalue weighted by Gasteiger charge is -2.12. The molecular weight excluding hydrogens is 212 g/mol. The van der Waals surface area contributed by atoms with E-state index >= 15 is 0 Å². The Balaban J connectivity index is 3.05. The Hall–Kier alpha value is -2.04. The van der Waals surface area contributed by atoms with Crippen LogP contribution < -0.4 is 9.47 Å². The number of benzene rings is 1. The molecule has 0 aliphatic heterocycles. The van der Waals surface area contributed by atoms with E-state index in [1.807, 2.05) is 0 Å². The molecule has 1 radical (unpaired) electrons. The molecule has 0 aliphatic carbocycles. The Kier molecular flexibility index (Phi) is 4.32. The molecule has 1 aromatic carbocycles. The van der Waals surface area contributed by atoms with Gasteiger partial charge in [-0.25, -0.2) is 0 Å². The van der Waals surface area contributed by atoms with E-state index in [2.05, 4.69) is 4.74 Å². The first kappa shape index (κ1) is 12.0. The Bertz CT molecular complexity index is 375. The Morgan fingerprint density at radius 1 is 1.25 bits per heavy atom. The van der Waals surface area contributed by atoms with Gasteiger partial charge in [0.1, 0.15) is 0 Å². The van der Waals surface area contributed by atoms with Crippen LogP contribution in [0.4, 0.5) is 0 Å². The van der Waals surface area contributed by atoms with E-state index in [0.717, 1.165) is 0 Å². The molecule has 1 unspecified atom stereocenters. The van der Waals surface area contributed by atoms with Gasteiger partial charge in [-0.1, -0.05) is 6.07 Å². The predicted octanol–water partition coefficient (Wildman–Crippen LogP) is 1.03. The van der Waals surface area contributed by atoms with Gasteiger partial charge < -0.3 is 14.2 Å². The van der Waals surface area contributed by atoms with Crippen molar-refractivity contribution in [3.63, 3.8) is 0 Å². The molecule has 1 rings (SSSR count). The largest absolute Gasteiger partial charge is 0.493 e. The third kappa shape index (κ3) is 2.50. The molecule has 0 fully saturated rings. The standard InChI is InChI=1S/C11H11O5/c1-14-9-4-3-8(5-10(9)15-2)11(6-12)16-7-13/h3-5,7,11H,1-2H3. The average molecular weight is 223 g/mol. The number of hydrogen-bond acceptors (Lipinski definition) is 5. The lowest BCUT2D eigenvalue weighted by Crippen LogP contribution is -2.05. The normalized spacial score (nSPS) is 11.4. The summed E-state index contributed by atoms with van der Waals surface area (Å²) < 4.78 is 14.6. The van der Waals surface area contributed by atoms with Crippen molar-refractivity contribution in [1.82, 2.24) is 0 Å². The molecule has 0 bridgehead atoms. The van der Waals surface area contributed by atoms with Gasteiger partial charge in [-0.15, -0.1) is 0 Å². The van der Waals surface area contributed by atoms with Crippen LogP contribution in [0, 0.1) is 0 Å². The third-order valence-electron chi connectivity index (χ3n) is 2.01. The first-order valence-corrected chi connectivity index (χ1v) is 4.45. The quantitative estimate of drug-likeness (QED) is 0.674. The molecule has 1 aromatic rings. The topological polar surface area (TPSA) is 61.8 Å². The van der Waals surface area contributed by atoms with E-state index in [4.69, 9.17) is 9.47 Å². The maximum Gasteiger partial charge on any atom is 0.294 e. The van der Waals surface area contributed by atoms with Crippen LogP contribution in [0.25, 0.3) is 0 Å². The second-order valence-electron chi connectivity index (χ2n) is 2.84. The van der Waals surface area contributed by atoms with Gasteiger partial charge >= 0.3 is 0 Å². The fraction of sp³-hybridized carbons (Fsp3) is 0.273. The highest BCUT2D eigenvalue weighted by Crippen LogP contribution is 2.30. The predicted molar refractivity (Wildman–Crippen MR) is 55.1 cm³/mol. The molecular formula is C11H11O5. The van der Waals surface area contributed by atoms with E-state index in [0.29, 0.717) is 17.1 Å². The minimum Gasteiger partial charge on any atom is -0.493 e. The van der Waals surface area contributed by atoms with Crippen molar-refractivity contribution < 1.29 is 23.8 Å². The fourth-order valence-corrected chi connectivity index (χ4v) is 1.25. The highest BCUT2D eigenvalue weighted by Gasteiger charge is 2.15. The number of hydrogen-bond donors (Lipinski definition) is 0. The summed E-state index contributed by atoms with van der Waals surface area (Å²) in [7, 11) is 2.98. The SMILES string of the molecule is COc1ccc(C([C]=O)OC=O)cc1OC. The van der Waals surface area contributed by atoms with Crippen LogP contribution in [0.3, 0.4) is 0 Å². The van der Waals surface area contributed by atoms with Crippen molar-refractivity contribution in [2.24, 2.45) is 0 Å². The van der Waals surface area contributed by atoms with Gasteiger partial charge in [0.15, 0.2) is 17.6 Å². The zero-order valence-corrected chi connectivity index (χ0v) is 8.93. The van der Waals surface area contributed by atoms with Gasteiger partial charge in [0.05, 0.1) is 14.2 Å². The van der Waals surface area contributed by atoms with E-state index in [1.54, 1.807) is 24.5 Å². The molecule has 16 heavy (non-hydrogen) atoms. The molecule has 0 N–H and O–H groups in total. The van der Waals surface area contributed by atoms with E-state index < -0.39 is 6.10 Å². The first-order chi connectivity index (χ1) is 7.76. The smallest absolute Gasteiger partial charge is 0.294 e. The average Bonchev–Trinajstić information content (AvgIpc) is 2.35. The van der Waals surface area contributed by atoms with Crippen molar-refractivity contribution in [3.05, 3.63) is 23.8 Å². The molecule has 0 spiro atoms. The maximum atomic E-state index is 10.6. The second-order valence-corrected chi connectivity index (χ2v) is 2.84. The van der Waals surface area contributed by atoms with Crippen LogP contribution >= 0.6 is 0 Å². The van der Waals surface area contributed by atoms with Crippen LogP contribution in [0.15, 0.2) is 18.2 Å². The van der Waals surface area contributed by atoms with Crippen LogP contribution in [0.1, 0.15) is 11.7 Å². The van der Waals surface area contributed by atoms with Gasteiger partial charge in [-0.05, 0) is 12.1 Å². The van der Waals surface area contributed by atoms with Crippen LogP contribution in [-0.2, 0) is 14.3 Å². The summed E-state index contributed by atoms with van der Waals surface area (Å²) in [6, 6.07) is 4.77. The van der Waals surface area contributed by atoms with Gasteiger partial charge in [0.2, 0.25) is 6.29 Å². The van der Waals surface area contributed by atoms with Gasteiger partial charge in [-0.2, -0.15) is 0 Å². The summed E-state index contributed by atoms with van der Waals surface area (Å²) in [6.45, 7) is 0.201. The lowest BCUT2D eigenvalue weighted by atomic mass is 10.1. The van der Waals surface area contributed by atoms with Crippen molar-refractivity contribution in [2.75, 3.05) is 14.2 Å². The molecule has 0 saturated carbocycles. The summed E-state index contributed by atoms with van der Waals surface area (Å²) in [6.07, 6.45) is 0.564. The molecule has 0 saturated heterocycles. The zero-order chi connectivity index (χ0) is 12.0.